The van der Waals surface area contributed by atoms with Crippen LogP contribution in [0.25, 0.3) is 0 Å². The van der Waals surface area contributed by atoms with Gasteiger partial charge in [0, 0.05) is 3.57 Å². The average Bonchev–Trinajstić information content (AvgIpc) is 2.82. The van der Waals surface area contributed by atoms with Crippen LogP contribution >= 0.6 is 33.9 Å². The zero-order valence-corrected chi connectivity index (χ0v) is 11.2. The van der Waals surface area contributed by atoms with Crippen LogP contribution in [0.2, 0.25) is 0 Å². The molecule has 0 saturated carbocycles. The van der Waals surface area contributed by atoms with Gasteiger partial charge in [-0.3, -0.25) is 10.7 Å². The number of nitrogens with one attached hydrogen (secondary N) is 1. The van der Waals surface area contributed by atoms with Gasteiger partial charge in [0.2, 0.25) is 0 Å². The molecule has 0 fully saturated rings. The van der Waals surface area contributed by atoms with Crippen LogP contribution in [-0.4, -0.2) is 11.0 Å². The molecule has 2 N–H and O–H groups in total. The topological polar surface area (TPSA) is 44.6 Å². The van der Waals surface area contributed by atoms with Crippen LogP contribution in [0.1, 0.15) is 4.88 Å². The summed E-state index contributed by atoms with van der Waals surface area (Å²) in [7, 11) is 0. The molecule has 0 aliphatic carbocycles. The molecule has 0 bridgehead atoms. The van der Waals surface area contributed by atoms with Crippen molar-refractivity contribution in [1.82, 2.24) is 5.48 Å². The Morgan fingerprint density at radius 1 is 1.25 bits per heavy atom. The first kappa shape index (κ1) is 11.6. The van der Waals surface area contributed by atoms with Crippen LogP contribution < -0.4 is 5.48 Å². The number of aliphatic imine (C=N–C) groups is 1. The third kappa shape index (κ3) is 2.81. The number of hydrogen-bond donors (Lipinski definition) is 2. The molecular formula is C11H9IN2OS. The monoisotopic (exact) mass is 344 g/mol. The molecule has 0 spiro atoms. The van der Waals surface area contributed by atoms with Crippen molar-refractivity contribution in [3.63, 3.8) is 0 Å². The second kappa shape index (κ2) is 5.42. The lowest BCUT2D eigenvalue weighted by molar-refractivity contribution is 0.235. The molecule has 1 heterocycles. The maximum Gasteiger partial charge on any atom is 0.167 e. The van der Waals surface area contributed by atoms with Gasteiger partial charge >= 0.3 is 0 Å². The van der Waals surface area contributed by atoms with Crippen molar-refractivity contribution in [3.8, 4) is 0 Å². The molecule has 0 aliphatic rings. The fourth-order valence-electron chi connectivity index (χ4n) is 1.19. The van der Waals surface area contributed by atoms with Crippen LogP contribution in [0.5, 0.6) is 0 Å². The first-order valence-electron chi connectivity index (χ1n) is 4.58. The molecular weight excluding hydrogens is 335 g/mol. The van der Waals surface area contributed by atoms with Gasteiger partial charge in [0.1, 0.15) is 0 Å². The number of hydroxylamine groups is 1. The molecule has 0 saturated heterocycles. The van der Waals surface area contributed by atoms with Gasteiger partial charge < -0.3 is 0 Å². The summed E-state index contributed by atoms with van der Waals surface area (Å²) in [4.78, 5) is 5.23. The maximum atomic E-state index is 9.04. The highest BCUT2D eigenvalue weighted by Crippen LogP contribution is 2.17. The van der Waals surface area contributed by atoms with Gasteiger partial charge in [0.25, 0.3) is 0 Å². The third-order valence-corrected chi connectivity index (χ3v) is 3.52. The quantitative estimate of drug-likeness (QED) is 0.380. The molecule has 0 amide bonds. The predicted molar refractivity (Wildman–Crippen MR) is 74.6 cm³/mol. The summed E-state index contributed by atoms with van der Waals surface area (Å²) in [6.45, 7) is 0. The van der Waals surface area contributed by atoms with Crippen molar-refractivity contribution in [1.29, 1.82) is 0 Å². The van der Waals surface area contributed by atoms with Crippen molar-refractivity contribution in [2.45, 2.75) is 0 Å². The highest BCUT2D eigenvalue weighted by atomic mass is 127. The summed E-state index contributed by atoms with van der Waals surface area (Å²) < 4.78 is 1.16. The number of halogens is 1. The Morgan fingerprint density at radius 2 is 2.00 bits per heavy atom. The van der Waals surface area contributed by atoms with Crippen LogP contribution in [-0.2, 0) is 0 Å². The predicted octanol–water partition coefficient (Wildman–Crippen LogP) is 3.41. The number of rotatable bonds is 2. The molecule has 1 aromatic heterocycles. The minimum Gasteiger partial charge on any atom is -0.290 e. The average molecular weight is 344 g/mol. The lowest BCUT2D eigenvalue weighted by Gasteiger charge is -2.01. The fourth-order valence-corrected chi connectivity index (χ4v) is 2.22. The van der Waals surface area contributed by atoms with Crippen LogP contribution in [0.3, 0.4) is 0 Å². The minimum absolute atomic E-state index is 0.469. The zero-order valence-electron chi connectivity index (χ0n) is 8.22. The molecule has 82 valence electrons. The first-order chi connectivity index (χ1) is 7.79. The van der Waals surface area contributed by atoms with Crippen molar-refractivity contribution in [2.75, 3.05) is 0 Å². The number of amidine groups is 1. The van der Waals surface area contributed by atoms with E-state index in [4.69, 9.17) is 5.21 Å². The smallest absolute Gasteiger partial charge is 0.167 e. The maximum absolute atomic E-state index is 9.04. The lowest BCUT2D eigenvalue weighted by atomic mass is 10.3. The Labute approximate surface area is 111 Å². The Hall–Kier alpha value is -0.920. The summed E-state index contributed by atoms with van der Waals surface area (Å²) >= 11 is 3.76. The van der Waals surface area contributed by atoms with E-state index in [1.165, 1.54) is 11.3 Å². The number of thiophene rings is 1. The van der Waals surface area contributed by atoms with Gasteiger partial charge in [-0.2, -0.15) is 0 Å². The van der Waals surface area contributed by atoms with Gasteiger partial charge in [-0.15, -0.1) is 11.3 Å². The van der Waals surface area contributed by atoms with E-state index in [1.54, 1.807) is 0 Å². The van der Waals surface area contributed by atoms with E-state index in [0.29, 0.717) is 5.84 Å². The van der Waals surface area contributed by atoms with Crippen molar-refractivity contribution >= 4 is 45.5 Å². The summed E-state index contributed by atoms with van der Waals surface area (Å²) in [5.41, 5.74) is 2.94. The summed E-state index contributed by atoms with van der Waals surface area (Å²) in [6.07, 6.45) is 0. The van der Waals surface area contributed by atoms with Crippen molar-refractivity contribution < 1.29 is 5.21 Å². The van der Waals surface area contributed by atoms with Gasteiger partial charge in [0.15, 0.2) is 5.84 Å². The van der Waals surface area contributed by atoms with E-state index in [9.17, 15) is 0 Å². The largest absolute Gasteiger partial charge is 0.290 e. The van der Waals surface area contributed by atoms with Crippen LogP contribution in [0.4, 0.5) is 5.69 Å². The molecule has 2 rings (SSSR count). The normalized spacial score (nSPS) is 11.5. The van der Waals surface area contributed by atoms with E-state index in [-0.39, 0.29) is 0 Å². The Bertz CT molecular complexity index is 479. The molecule has 0 unspecified atom stereocenters. The van der Waals surface area contributed by atoms with E-state index in [2.05, 4.69) is 33.1 Å². The second-order valence-electron chi connectivity index (χ2n) is 3.03. The highest BCUT2D eigenvalue weighted by Gasteiger charge is 2.02. The van der Waals surface area contributed by atoms with Gasteiger partial charge in [-0.05, 0) is 58.3 Å². The number of benzene rings is 1. The highest BCUT2D eigenvalue weighted by molar-refractivity contribution is 14.1. The number of hydrogen-bond acceptors (Lipinski definition) is 3. The Kier molecular flexibility index (Phi) is 3.92. The minimum atomic E-state index is 0.469. The van der Waals surface area contributed by atoms with Crippen molar-refractivity contribution in [2.24, 2.45) is 4.99 Å². The Morgan fingerprint density at radius 3 is 2.56 bits per heavy atom. The molecule has 0 aliphatic heterocycles. The standard InChI is InChI=1S/C11H9IN2OS/c12-8-3-5-9(6-4-8)13-11(14-15)10-2-1-7-16-10/h1-7,15H,(H,13,14). The molecule has 2 aromatic rings. The molecule has 0 atom stereocenters. The first-order valence-corrected chi connectivity index (χ1v) is 6.53. The number of nitrogens with zero attached hydrogens (tertiary/aromatic N) is 1. The fraction of sp³-hybridized carbons (Fsp3) is 0. The summed E-state index contributed by atoms with van der Waals surface area (Å²) in [6, 6.07) is 11.6. The molecule has 5 heteroatoms. The third-order valence-electron chi connectivity index (χ3n) is 1.93. The molecule has 1 aromatic carbocycles. The van der Waals surface area contributed by atoms with E-state index in [1.807, 2.05) is 41.8 Å². The van der Waals surface area contributed by atoms with E-state index < -0.39 is 0 Å². The second-order valence-corrected chi connectivity index (χ2v) is 5.22. The van der Waals surface area contributed by atoms with Gasteiger partial charge in [-0.1, -0.05) is 6.07 Å². The SMILES string of the molecule is ONC(=Nc1ccc(I)cc1)c1cccs1. The van der Waals surface area contributed by atoms with Crippen LogP contribution in [0, 0.1) is 3.57 Å². The van der Waals surface area contributed by atoms with Crippen molar-refractivity contribution in [3.05, 3.63) is 50.2 Å². The Balaban J connectivity index is 2.31. The molecule has 16 heavy (non-hydrogen) atoms. The van der Waals surface area contributed by atoms with Crippen LogP contribution in [0.15, 0.2) is 46.8 Å². The summed E-state index contributed by atoms with van der Waals surface area (Å²) in [5, 5.41) is 11.0. The molecule has 0 radical (unpaired) electrons. The lowest BCUT2D eigenvalue weighted by Crippen LogP contribution is -2.18. The zero-order chi connectivity index (χ0) is 11.4. The van der Waals surface area contributed by atoms with E-state index >= 15 is 0 Å². The van der Waals surface area contributed by atoms with E-state index in [0.717, 1.165) is 14.1 Å². The molecule has 3 nitrogen and oxygen atoms in total. The van der Waals surface area contributed by atoms with Gasteiger partial charge in [-0.25, -0.2) is 4.99 Å². The van der Waals surface area contributed by atoms with Gasteiger partial charge in [0.05, 0.1) is 10.6 Å². The summed E-state index contributed by atoms with van der Waals surface area (Å²) in [5.74, 6) is 0.469.